The van der Waals surface area contributed by atoms with Crippen molar-refractivity contribution >= 4 is 10.0 Å². The molecular formula is C9H15N3O2S. The monoisotopic (exact) mass is 229 g/mol. The Kier molecular flexibility index (Phi) is 3.31. The lowest BCUT2D eigenvalue weighted by molar-refractivity contribution is 0.584. The second-order valence-corrected chi connectivity index (χ2v) is 4.97. The van der Waals surface area contributed by atoms with Gasteiger partial charge < -0.3 is 0 Å². The molecule has 0 aliphatic carbocycles. The zero-order chi connectivity index (χ0) is 11.6. The van der Waals surface area contributed by atoms with Crippen LogP contribution in [0.4, 0.5) is 0 Å². The molecule has 0 aliphatic heterocycles. The first kappa shape index (κ1) is 11.9. The Bertz CT molecular complexity index is 474. The van der Waals surface area contributed by atoms with E-state index in [9.17, 15) is 8.42 Å². The maximum Gasteiger partial charge on any atom is 0.244 e. The van der Waals surface area contributed by atoms with Crippen LogP contribution >= 0.6 is 0 Å². The Labute approximate surface area is 89.8 Å². The minimum atomic E-state index is -3.47. The topological polar surface area (TPSA) is 64.0 Å². The molecule has 0 aromatic carbocycles. The molecule has 0 amide bonds. The molecule has 0 atom stereocenters. The van der Waals surface area contributed by atoms with E-state index in [1.54, 1.807) is 25.6 Å². The minimum Gasteiger partial charge on any atom is -0.271 e. The smallest absolute Gasteiger partial charge is 0.244 e. The Balaban J connectivity index is 3.20. The summed E-state index contributed by atoms with van der Waals surface area (Å²) in [7, 11) is -1.75. The quantitative estimate of drug-likeness (QED) is 0.765. The first-order chi connectivity index (χ1) is 6.90. The van der Waals surface area contributed by atoms with Crippen molar-refractivity contribution in [1.29, 1.82) is 0 Å². The highest BCUT2D eigenvalue weighted by Crippen LogP contribution is 2.17. The lowest BCUT2D eigenvalue weighted by atomic mass is 10.4. The van der Waals surface area contributed by atoms with Gasteiger partial charge >= 0.3 is 0 Å². The summed E-state index contributed by atoms with van der Waals surface area (Å²) < 4.78 is 27.6. The fraction of sp³-hybridized carbons (Fsp3) is 0.444. The number of hydrogen-bond donors (Lipinski definition) is 1. The Morgan fingerprint density at radius 2 is 2.13 bits per heavy atom. The van der Waals surface area contributed by atoms with Gasteiger partial charge in [-0.15, -0.1) is 6.58 Å². The van der Waals surface area contributed by atoms with Gasteiger partial charge in [-0.2, -0.15) is 5.10 Å². The molecule has 1 rings (SSSR count). The summed E-state index contributed by atoms with van der Waals surface area (Å²) in [5.41, 5.74) is 1.13. The van der Waals surface area contributed by atoms with Crippen molar-refractivity contribution in [1.82, 2.24) is 14.5 Å². The Morgan fingerprint density at radius 1 is 1.53 bits per heavy atom. The molecule has 15 heavy (non-hydrogen) atoms. The van der Waals surface area contributed by atoms with Gasteiger partial charge in [0.25, 0.3) is 0 Å². The number of aryl methyl sites for hydroxylation is 2. The molecule has 84 valence electrons. The second-order valence-electron chi connectivity index (χ2n) is 3.26. The number of hydrogen-bond acceptors (Lipinski definition) is 3. The maximum atomic E-state index is 11.8. The molecule has 0 unspecified atom stereocenters. The van der Waals surface area contributed by atoms with Crippen molar-refractivity contribution in [3.05, 3.63) is 24.0 Å². The predicted molar refractivity (Wildman–Crippen MR) is 58.1 cm³/mol. The van der Waals surface area contributed by atoms with Crippen molar-refractivity contribution < 1.29 is 8.42 Å². The number of rotatable bonds is 4. The van der Waals surface area contributed by atoms with E-state index in [1.807, 2.05) is 0 Å². The van der Waals surface area contributed by atoms with Crippen LogP contribution in [0, 0.1) is 13.8 Å². The largest absolute Gasteiger partial charge is 0.271 e. The normalized spacial score (nSPS) is 11.7. The zero-order valence-corrected chi connectivity index (χ0v) is 9.93. The highest BCUT2D eigenvalue weighted by atomic mass is 32.2. The molecular weight excluding hydrogens is 214 g/mol. The van der Waals surface area contributed by atoms with Gasteiger partial charge in [-0.1, -0.05) is 6.08 Å². The SMILES string of the molecule is C=CCNS(=O)(=O)c1c(C)nn(C)c1C. The maximum absolute atomic E-state index is 11.8. The molecule has 6 heteroatoms. The van der Waals surface area contributed by atoms with E-state index in [2.05, 4.69) is 16.4 Å². The van der Waals surface area contributed by atoms with Gasteiger partial charge in [0, 0.05) is 13.6 Å². The summed E-state index contributed by atoms with van der Waals surface area (Å²) in [6, 6.07) is 0. The summed E-state index contributed by atoms with van der Waals surface area (Å²) in [5.74, 6) is 0. The summed E-state index contributed by atoms with van der Waals surface area (Å²) in [5, 5.41) is 4.06. The third-order valence-corrected chi connectivity index (χ3v) is 3.80. The molecule has 0 fully saturated rings. The molecule has 0 spiro atoms. The van der Waals surface area contributed by atoms with Crippen LogP contribution < -0.4 is 4.72 Å². The summed E-state index contributed by atoms with van der Waals surface area (Å²) >= 11 is 0. The van der Waals surface area contributed by atoms with E-state index >= 15 is 0 Å². The molecule has 0 saturated carbocycles. The van der Waals surface area contributed by atoms with Crippen molar-refractivity contribution in [2.24, 2.45) is 7.05 Å². The zero-order valence-electron chi connectivity index (χ0n) is 9.11. The van der Waals surface area contributed by atoms with Gasteiger partial charge in [0.05, 0.1) is 11.4 Å². The van der Waals surface area contributed by atoms with E-state index in [-0.39, 0.29) is 11.4 Å². The lowest BCUT2D eigenvalue weighted by Gasteiger charge is -2.04. The van der Waals surface area contributed by atoms with Crippen molar-refractivity contribution in [2.45, 2.75) is 18.7 Å². The predicted octanol–water partition coefficient (Wildman–Crippen LogP) is 0.501. The van der Waals surface area contributed by atoms with Crippen LogP contribution in [-0.4, -0.2) is 24.7 Å². The third kappa shape index (κ3) is 2.27. The first-order valence-corrected chi connectivity index (χ1v) is 5.99. The van der Waals surface area contributed by atoms with Gasteiger partial charge in [0.2, 0.25) is 10.0 Å². The fourth-order valence-electron chi connectivity index (χ4n) is 1.38. The van der Waals surface area contributed by atoms with Crippen molar-refractivity contribution in [3.63, 3.8) is 0 Å². The van der Waals surface area contributed by atoms with Gasteiger partial charge in [-0.3, -0.25) is 4.68 Å². The van der Waals surface area contributed by atoms with Crippen molar-refractivity contribution in [3.8, 4) is 0 Å². The van der Waals surface area contributed by atoms with E-state index in [0.29, 0.717) is 11.4 Å². The summed E-state index contributed by atoms with van der Waals surface area (Å²) in [4.78, 5) is 0.256. The lowest BCUT2D eigenvalue weighted by Crippen LogP contribution is -2.24. The van der Waals surface area contributed by atoms with Crippen LogP contribution in [0.15, 0.2) is 17.6 Å². The number of aromatic nitrogens is 2. The summed E-state index contributed by atoms with van der Waals surface area (Å²) in [6.07, 6.45) is 1.50. The molecule has 0 radical (unpaired) electrons. The molecule has 0 bridgehead atoms. The average Bonchev–Trinajstić information content (AvgIpc) is 2.38. The van der Waals surface area contributed by atoms with Gasteiger partial charge in [0.15, 0.2) is 0 Å². The van der Waals surface area contributed by atoms with E-state index < -0.39 is 10.0 Å². The standard InChI is InChI=1S/C9H15N3O2S/c1-5-6-10-15(13,14)9-7(2)11-12(4)8(9)3/h5,10H,1,6H2,2-4H3. The summed E-state index contributed by atoms with van der Waals surface area (Å²) in [6.45, 7) is 7.08. The van der Waals surface area contributed by atoms with Crippen LogP contribution in [0.3, 0.4) is 0 Å². The minimum absolute atomic E-state index is 0.218. The van der Waals surface area contributed by atoms with Crippen LogP contribution in [0.25, 0.3) is 0 Å². The van der Waals surface area contributed by atoms with Crippen molar-refractivity contribution in [2.75, 3.05) is 6.54 Å². The highest BCUT2D eigenvalue weighted by molar-refractivity contribution is 7.89. The Hall–Kier alpha value is -1.14. The second kappa shape index (κ2) is 4.16. The van der Waals surface area contributed by atoms with Gasteiger partial charge in [-0.25, -0.2) is 13.1 Å². The number of nitrogens with one attached hydrogen (secondary N) is 1. The van der Waals surface area contributed by atoms with E-state index in [4.69, 9.17) is 0 Å². The Morgan fingerprint density at radius 3 is 2.53 bits per heavy atom. The van der Waals surface area contributed by atoms with Gasteiger partial charge in [-0.05, 0) is 13.8 Å². The van der Waals surface area contributed by atoms with Gasteiger partial charge in [0.1, 0.15) is 4.90 Å². The number of nitrogens with zero attached hydrogens (tertiary/aromatic N) is 2. The molecule has 5 nitrogen and oxygen atoms in total. The highest BCUT2D eigenvalue weighted by Gasteiger charge is 2.22. The van der Waals surface area contributed by atoms with E-state index in [1.165, 1.54) is 6.08 Å². The fourth-order valence-corrected chi connectivity index (χ4v) is 2.82. The third-order valence-electron chi connectivity index (χ3n) is 2.13. The molecule has 1 aromatic heterocycles. The van der Waals surface area contributed by atoms with Crippen LogP contribution in [0.5, 0.6) is 0 Å². The molecule has 1 aromatic rings. The first-order valence-electron chi connectivity index (χ1n) is 4.51. The number of sulfonamides is 1. The molecule has 1 N–H and O–H groups in total. The molecule has 0 aliphatic rings. The average molecular weight is 229 g/mol. The molecule has 1 heterocycles. The van der Waals surface area contributed by atoms with E-state index in [0.717, 1.165) is 0 Å². The van der Waals surface area contributed by atoms with Crippen LogP contribution in [0.1, 0.15) is 11.4 Å². The van der Waals surface area contributed by atoms with Crippen LogP contribution in [-0.2, 0) is 17.1 Å². The molecule has 0 saturated heterocycles. The van der Waals surface area contributed by atoms with Crippen LogP contribution in [0.2, 0.25) is 0 Å².